The molecule has 1 atom stereocenters. The molecule has 0 spiro atoms. The monoisotopic (exact) mass is 426 g/mol. The van der Waals surface area contributed by atoms with Crippen LogP contribution in [0.4, 0.5) is 0 Å². The standard InChI is InChI=1S/C14H12O10S2.Na/c15-13(10-6-2-1-3-7-10)11-8-4-5-9-12(11)22-14(16)23-26(20,21)24-25(17,18)19;/h1-9,14,16H,(H,17,18,19);/q;+1/p-1. The molecule has 2 rings (SSSR count). The fraction of sp³-hybridized carbons (Fsp3) is 0.0714. The Labute approximate surface area is 177 Å². The van der Waals surface area contributed by atoms with Gasteiger partial charge in [-0.05, 0) is 12.1 Å². The van der Waals surface area contributed by atoms with Gasteiger partial charge >= 0.3 is 46.4 Å². The van der Waals surface area contributed by atoms with E-state index >= 15 is 0 Å². The number of ketones is 1. The van der Waals surface area contributed by atoms with Crippen molar-refractivity contribution in [1.82, 2.24) is 0 Å². The maximum atomic E-state index is 12.5. The van der Waals surface area contributed by atoms with Crippen LogP contribution in [0.5, 0.6) is 5.75 Å². The predicted octanol–water partition coefficient (Wildman–Crippen LogP) is -2.69. The molecule has 0 saturated carbocycles. The molecule has 2 aromatic rings. The molecule has 2 aromatic carbocycles. The summed E-state index contributed by atoms with van der Waals surface area (Å²) in [5.74, 6) is -0.747. The summed E-state index contributed by atoms with van der Waals surface area (Å²) in [6.45, 7) is -2.58. The van der Waals surface area contributed by atoms with Gasteiger partial charge in [0.25, 0.3) is 0 Å². The molecule has 140 valence electrons. The van der Waals surface area contributed by atoms with E-state index in [0.717, 1.165) is 0 Å². The molecule has 10 nitrogen and oxygen atoms in total. The Morgan fingerprint density at radius 3 is 2.11 bits per heavy atom. The average Bonchev–Trinajstić information content (AvgIpc) is 2.52. The van der Waals surface area contributed by atoms with Crippen molar-refractivity contribution in [2.24, 2.45) is 0 Å². The minimum atomic E-state index is -5.64. The molecule has 0 heterocycles. The van der Waals surface area contributed by atoms with E-state index < -0.39 is 33.1 Å². The number of para-hydroxylation sites is 1. The van der Waals surface area contributed by atoms with Gasteiger partial charge in [0, 0.05) is 5.56 Å². The van der Waals surface area contributed by atoms with Crippen molar-refractivity contribution in [2.45, 2.75) is 6.48 Å². The fourth-order valence-corrected chi connectivity index (χ4v) is 3.03. The van der Waals surface area contributed by atoms with E-state index in [-0.39, 0.29) is 40.9 Å². The molecule has 27 heavy (non-hydrogen) atoms. The molecule has 0 saturated heterocycles. The van der Waals surface area contributed by atoms with E-state index in [4.69, 9.17) is 4.74 Å². The summed E-state index contributed by atoms with van der Waals surface area (Å²) >= 11 is 0. The Kier molecular flexibility index (Phi) is 8.53. The number of carbonyl (C=O) groups excluding carboxylic acids is 1. The van der Waals surface area contributed by atoms with Gasteiger partial charge in [-0.1, -0.05) is 42.5 Å². The smallest absolute Gasteiger partial charge is 0.725 e. The molecule has 0 fully saturated rings. The second-order valence-electron chi connectivity index (χ2n) is 4.60. The first-order valence-electron chi connectivity index (χ1n) is 6.71. The SMILES string of the molecule is O=C(c1ccccc1)c1ccccc1OC(O)OS(=O)(=O)OS(=O)(=O)[O-].[Na+]. The normalized spacial score (nSPS) is 12.7. The minimum Gasteiger partial charge on any atom is -0.725 e. The van der Waals surface area contributed by atoms with Crippen LogP contribution in [0.3, 0.4) is 0 Å². The summed E-state index contributed by atoms with van der Waals surface area (Å²) in [5, 5.41) is 9.50. The van der Waals surface area contributed by atoms with E-state index in [9.17, 15) is 31.3 Å². The Hall–Kier alpha value is -1.35. The van der Waals surface area contributed by atoms with E-state index in [2.05, 4.69) is 7.81 Å². The van der Waals surface area contributed by atoms with Crippen molar-refractivity contribution in [1.29, 1.82) is 0 Å². The van der Waals surface area contributed by atoms with Crippen molar-refractivity contribution >= 4 is 26.6 Å². The Balaban J connectivity index is 0.00000364. The van der Waals surface area contributed by atoms with Gasteiger partial charge in [-0.15, -0.1) is 3.63 Å². The van der Waals surface area contributed by atoms with E-state index in [1.807, 2.05) is 0 Å². The van der Waals surface area contributed by atoms with E-state index in [1.165, 1.54) is 36.4 Å². The molecule has 0 bridgehead atoms. The average molecular weight is 426 g/mol. The third-order valence-corrected chi connectivity index (χ3v) is 4.50. The van der Waals surface area contributed by atoms with Crippen molar-refractivity contribution < 1.29 is 73.4 Å². The maximum absolute atomic E-state index is 12.5. The zero-order valence-electron chi connectivity index (χ0n) is 13.7. The number of benzene rings is 2. The molecule has 0 radical (unpaired) electrons. The molecule has 13 heteroatoms. The number of rotatable bonds is 8. The van der Waals surface area contributed by atoms with Crippen molar-refractivity contribution in [2.75, 3.05) is 0 Å². The van der Waals surface area contributed by atoms with Crippen LogP contribution in [0, 0.1) is 0 Å². The molecule has 1 unspecified atom stereocenters. The van der Waals surface area contributed by atoms with Crippen LogP contribution < -0.4 is 34.3 Å². The second-order valence-corrected chi connectivity index (χ2v) is 6.97. The largest absolute Gasteiger partial charge is 1.00 e. The van der Waals surface area contributed by atoms with Crippen molar-refractivity contribution in [3.63, 3.8) is 0 Å². The van der Waals surface area contributed by atoms with Crippen molar-refractivity contribution in [3.8, 4) is 5.75 Å². The van der Waals surface area contributed by atoms with E-state index in [1.54, 1.807) is 18.2 Å². The predicted molar refractivity (Wildman–Crippen MR) is 83.7 cm³/mol. The van der Waals surface area contributed by atoms with Crippen LogP contribution in [-0.4, -0.2) is 38.8 Å². The summed E-state index contributed by atoms with van der Waals surface area (Å²) < 4.78 is 64.9. The van der Waals surface area contributed by atoms with Gasteiger partial charge in [-0.3, -0.25) is 4.79 Å². The van der Waals surface area contributed by atoms with Gasteiger partial charge in [0.2, 0.25) is 10.4 Å². The van der Waals surface area contributed by atoms with Gasteiger partial charge in [-0.25, -0.2) is 8.42 Å². The van der Waals surface area contributed by atoms with Crippen LogP contribution in [0.25, 0.3) is 0 Å². The van der Waals surface area contributed by atoms with Crippen LogP contribution in [0.2, 0.25) is 0 Å². The van der Waals surface area contributed by atoms with Crippen LogP contribution in [-0.2, 0) is 28.6 Å². The molecule has 1 N–H and O–H groups in total. The molecular formula is C14H11NaO10S2. The van der Waals surface area contributed by atoms with Gasteiger partial charge in [0.1, 0.15) is 5.75 Å². The molecule has 0 aliphatic heterocycles. The molecule has 0 aliphatic carbocycles. The van der Waals surface area contributed by atoms with Gasteiger partial charge in [0.05, 0.1) is 5.56 Å². The van der Waals surface area contributed by atoms with Gasteiger partial charge in [0.15, 0.2) is 5.78 Å². The number of hydrogen-bond donors (Lipinski definition) is 1. The second kappa shape index (κ2) is 9.73. The quantitative estimate of drug-likeness (QED) is 0.155. The first kappa shape index (κ1) is 23.7. The number of aliphatic hydroxyl groups is 1. The van der Waals surface area contributed by atoms with Crippen molar-refractivity contribution in [3.05, 3.63) is 65.7 Å². The Morgan fingerprint density at radius 2 is 1.52 bits per heavy atom. The minimum absolute atomic E-state index is 0. The Bertz CT molecular complexity index is 990. The third kappa shape index (κ3) is 7.65. The zero-order valence-corrected chi connectivity index (χ0v) is 17.3. The summed E-state index contributed by atoms with van der Waals surface area (Å²) in [6, 6.07) is 13.5. The molecular weight excluding hydrogens is 415 g/mol. The summed E-state index contributed by atoms with van der Waals surface area (Å²) in [4.78, 5) is 12.5. The van der Waals surface area contributed by atoms with Crippen LogP contribution >= 0.6 is 0 Å². The third-order valence-electron chi connectivity index (χ3n) is 2.76. The summed E-state index contributed by atoms with van der Waals surface area (Å²) in [7, 11) is -11.0. The number of carbonyl (C=O) groups is 1. The first-order chi connectivity index (χ1) is 12.1. The summed E-state index contributed by atoms with van der Waals surface area (Å²) in [5.41, 5.74) is 0.267. The molecule has 0 aliphatic rings. The van der Waals surface area contributed by atoms with Crippen LogP contribution in [0.15, 0.2) is 54.6 Å². The molecule has 0 amide bonds. The Morgan fingerprint density at radius 1 is 0.963 bits per heavy atom. The zero-order chi connectivity index (χ0) is 19.4. The number of hydrogen-bond acceptors (Lipinski definition) is 10. The van der Waals surface area contributed by atoms with Gasteiger partial charge in [-0.2, -0.15) is 12.6 Å². The summed E-state index contributed by atoms with van der Waals surface area (Å²) in [6.07, 6.45) is 0. The first-order valence-corrected chi connectivity index (χ1v) is 9.38. The van der Waals surface area contributed by atoms with Gasteiger partial charge < -0.3 is 14.4 Å². The van der Waals surface area contributed by atoms with E-state index in [0.29, 0.717) is 5.56 Å². The van der Waals surface area contributed by atoms with Crippen LogP contribution in [0.1, 0.15) is 15.9 Å². The number of ether oxygens (including phenoxy) is 1. The maximum Gasteiger partial charge on any atom is 1.00 e. The molecule has 0 aromatic heterocycles. The topological polar surface area (TPSA) is 156 Å². The number of aliphatic hydroxyl groups excluding tert-OH is 1. The fourth-order valence-electron chi connectivity index (χ4n) is 1.85.